The first kappa shape index (κ1) is 19.9. The molecular weight excluding hydrogens is 350 g/mol. The van der Waals surface area contributed by atoms with Crippen LogP contribution in [0.1, 0.15) is 31.4 Å². The minimum atomic E-state index is -0.339. The molecule has 5 nitrogen and oxygen atoms in total. The van der Waals surface area contributed by atoms with Gasteiger partial charge in [0, 0.05) is 43.1 Å². The van der Waals surface area contributed by atoms with Crippen molar-refractivity contribution >= 4 is 28.9 Å². The number of rotatable bonds is 6. The molecule has 1 unspecified atom stereocenters. The Balaban J connectivity index is 1.68. The van der Waals surface area contributed by atoms with Crippen LogP contribution in [0, 0.1) is 19.8 Å². The van der Waals surface area contributed by atoms with Crippen LogP contribution >= 0.6 is 0 Å². The third-order valence-corrected chi connectivity index (χ3v) is 5.47. The lowest BCUT2D eigenvalue weighted by molar-refractivity contribution is -0.122. The maximum absolute atomic E-state index is 12.7. The minimum Gasteiger partial charge on any atom is -0.372 e. The van der Waals surface area contributed by atoms with Crippen LogP contribution in [-0.2, 0) is 9.59 Å². The Labute approximate surface area is 167 Å². The average Bonchev–Trinajstić information content (AvgIpc) is 3.05. The van der Waals surface area contributed by atoms with Crippen LogP contribution in [0.15, 0.2) is 42.5 Å². The molecule has 2 aromatic rings. The van der Waals surface area contributed by atoms with Crippen LogP contribution in [0.4, 0.5) is 17.1 Å². The number of carbonyl (C=O) groups excluding carboxylic acids is 2. The number of nitrogens with zero attached hydrogens (tertiary/aromatic N) is 2. The van der Waals surface area contributed by atoms with Crippen molar-refractivity contribution in [2.24, 2.45) is 5.92 Å². The highest BCUT2D eigenvalue weighted by atomic mass is 16.2. The summed E-state index contributed by atoms with van der Waals surface area (Å²) in [5.74, 6) is -0.430. The van der Waals surface area contributed by atoms with Gasteiger partial charge < -0.3 is 15.1 Å². The largest absolute Gasteiger partial charge is 0.372 e. The molecule has 1 saturated heterocycles. The summed E-state index contributed by atoms with van der Waals surface area (Å²) in [6.07, 6.45) is 0.247. The molecule has 0 bridgehead atoms. The highest BCUT2D eigenvalue weighted by molar-refractivity contribution is 6.04. The summed E-state index contributed by atoms with van der Waals surface area (Å²) in [6.45, 7) is 10.6. The minimum absolute atomic E-state index is 0.00873. The first-order valence-electron chi connectivity index (χ1n) is 9.97. The summed E-state index contributed by atoms with van der Waals surface area (Å²) in [5, 5.41) is 2.97. The molecule has 0 aliphatic carbocycles. The first-order valence-corrected chi connectivity index (χ1v) is 9.97. The van der Waals surface area contributed by atoms with Crippen molar-refractivity contribution in [1.82, 2.24) is 0 Å². The fraction of sp³-hybridized carbons (Fsp3) is 0.391. The Hall–Kier alpha value is -2.82. The number of carbonyl (C=O) groups is 2. The molecule has 1 heterocycles. The zero-order chi connectivity index (χ0) is 20.3. The maximum Gasteiger partial charge on any atom is 0.229 e. The number of nitrogens with one attached hydrogen (secondary N) is 1. The second-order valence-corrected chi connectivity index (χ2v) is 7.35. The van der Waals surface area contributed by atoms with Crippen molar-refractivity contribution in [3.8, 4) is 0 Å². The number of hydrogen-bond donors (Lipinski definition) is 1. The lowest BCUT2D eigenvalue weighted by Crippen LogP contribution is -2.29. The summed E-state index contributed by atoms with van der Waals surface area (Å²) in [4.78, 5) is 29.3. The van der Waals surface area contributed by atoms with E-state index in [1.807, 2.05) is 56.3 Å². The molecule has 28 heavy (non-hydrogen) atoms. The lowest BCUT2D eigenvalue weighted by atomic mass is 10.1. The van der Waals surface area contributed by atoms with Gasteiger partial charge in [-0.3, -0.25) is 9.59 Å². The summed E-state index contributed by atoms with van der Waals surface area (Å²) >= 11 is 0. The van der Waals surface area contributed by atoms with Crippen molar-refractivity contribution in [2.45, 2.75) is 34.1 Å². The Morgan fingerprint density at radius 2 is 1.68 bits per heavy atom. The smallest absolute Gasteiger partial charge is 0.229 e. The van der Waals surface area contributed by atoms with E-state index < -0.39 is 0 Å². The van der Waals surface area contributed by atoms with Crippen molar-refractivity contribution in [3.05, 3.63) is 53.6 Å². The maximum atomic E-state index is 12.7. The van der Waals surface area contributed by atoms with E-state index in [0.29, 0.717) is 6.54 Å². The van der Waals surface area contributed by atoms with E-state index in [-0.39, 0.29) is 24.2 Å². The molecule has 148 valence electrons. The van der Waals surface area contributed by atoms with E-state index in [2.05, 4.69) is 24.1 Å². The van der Waals surface area contributed by atoms with Gasteiger partial charge in [-0.15, -0.1) is 0 Å². The van der Waals surface area contributed by atoms with Gasteiger partial charge in [-0.25, -0.2) is 0 Å². The highest BCUT2D eigenvalue weighted by Crippen LogP contribution is 2.31. The van der Waals surface area contributed by atoms with Gasteiger partial charge in [-0.2, -0.15) is 0 Å². The predicted octanol–water partition coefficient (Wildman–Crippen LogP) is 4.14. The van der Waals surface area contributed by atoms with Gasteiger partial charge in [0.05, 0.1) is 5.92 Å². The summed E-state index contributed by atoms with van der Waals surface area (Å²) in [6, 6.07) is 13.9. The Morgan fingerprint density at radius 3 is 2.25 bits per heavy atom. The molecule has 1 aliphatic heterocycles. The molecule has 0 aromatic heterocycles. The number of aryl methyl sites for hydroxylation is 2. The molecule has 2 aromatic carbocycles. The van der Waals surface area contributed by atoms with Crippen molar-refractivity contribution in [1.29, 1.82) is 0 Å². The Kier molecular flexibility index (Phi) is 6.02. The number of anilines is 3. The van der Waals surface area contributed by atoms with E-state index in [0.717, 1.165) is 41.3 Å². The van der Waals surface area contributed by atoms with E-state index >= 15 is 0 Å². The fourth-order valence-electron chi connectivity index (χ4n) is 3.92. The van der Waals surface area contributed by atoms with Crippen LogP contribution in [0.3, 0.4) is 0 Å². The quantitative estimate of drug-likeness (QED) is 0.821. The fourth-order valence-corrected chi connectivity index (χ4v) is 3.92. The monoisotopic (exact) mass is 379 g/mol. The molecule has 1 fully saturated rings. The van der Waals surface area contributed by atoms with E-state index in [4.69, 9.17) is 0 Å². The Morgan fingerprint density at radius 1 is 1.07 bits per heavy atom. The van der Waals surface area contributed by atoms with Crippen LogP contribution in [0.2, 0.25) is 0 Å². The van der Waals surface area contributed by atoms with Crippen LogP contribution in [-0.4, -0.2) is 31.4 Å². The van der Waals surface area contributed by atoms with Gasteiger partial charge in [-0.05, 0) is 63.1 Å². The molecule has 0 spiro atoms. The third kappa shape index (κ3) is 4.03. The van der Waals surface area contributed by atoms with Gasteiger partial charge in [0.25, 0.3) is 0 Å². The summed E-state index contributed by atoms with van der Waals surface area (Å²) < 4.78 is 0. The van der Waals surface area contributed by atoms with Crippen molar-refractivity contribution < 1.29 is 9.59 Å². The summed E-state index contributed by atoms with van der Waals surface area (Å²) in [7, 11) is 0. The van der Waals surface area contributed by atoms with Gasteiger partial charge in [0.15, 0.2) is 0 Å². The second-order valence-electron chi connectivity index (χ2n) is 7.35. The van der Waals surface area contributed by atoms with Crippen LogP contribution in [0.25, 0.3) is 0 Å². The van der Waals surface area contributed by atoms with Gasteiger partial charge in [0.1, 0.15) is 0 Å². The number of para-hydroxylation sites is 1. The molecule has 3 rings (SSSR count). The van der Waals surface area contributed by atoms with Crippen molar-refractivity contribution in [2.75, 3.05) is 34.8 Å². The van der Waals surface area contributed by atoms with Gasteiger partial charge in [0.2, 0.25) is 11.8 Å². The standard InChI is InChI=1S/C23H29N3O2/c1-5-25(6-2)20-12-10-19(11-13-20)24-23(28)18-14-21(27)26(15-18)22-16(3)8-7-9-17(22)4/h7-13,18H,5-6,14-15H2,1-4H3,(H,24,28). The zero-order valence-electron chi connectivity index (χ0n) is 17.2. The number of amides is 2. The van der Waals surface area contributed by atoms with Gasteiger partial charge >= 0.3 is 0 Å². The highest BCUT2D eigenvalue weighted by Gasteiger charge is 2.36. The van der Waals surface area contributed by atoms with Crippen LogP contribution < -0.4 is 15.1 Å². The van der Waals surface area contributed by atoms with E-state index in [1.54, 1.807) is 4.90 Å². The second kappa shape index (κ2) is 8.46. The molecule has 1 N–H and O–H groups in total. The molecule has 0 saturated carbocycles. The van der Waals surface area contributed by atoms with E-state index in [1.165, 1.54) is 0 Å². The molecular formula is C23H29N3O2. The number of hydrogen-bond acceptors (Lipinski definition) is 3. The topological polar surface area (TPSA) is 52.7 Å². The number of benzene rings is 2. The molecule has 2 amide bonds. The first-order chi connectivity index (χ1) is 13.4. The lowest BCUT2D eigenvalue weighted by Gasteiger charge is -2.22. The average molecular weight is 380 g/mol. The normalized spacial score (nSPS) is 16.4. The van der Waals surface area contributed by atoms with Gasteiger partial charge in [-0.1, -0.05) is 18.2 Å². The third-order valence-electron chi connectivity index (χ3n) is 5.47. The molecule has 5 heteroatoms. The zero-order valence-corrected chi connectivity index (χ0v) is 17.2. The predicted molar refractivity (Wildman–Crippen MR) is 115 cm³/mol. The Bertz CT molecular complexity index is 836. The molecule has 0 radical (unpaired) electrons. The SMILES string of the molecule is CCN(CC)c1ccc(NC(=O)C2CC(=O)N(c3c(C)cccc3C)C2)cc1. The van der Waals surface area contributed by atoms with E-state index in [9.17, 15) is 9.59 Å². The van der Waals surface area contributed by atoms with Crippen LogP contribution in [0.5, 0.6) is 0 Å². The molecule has 1 aliphatic rings. The van der Waals surface area contributed by atoms with Crippen molar-refractivity contribution in [3.63, 3.8) is 0 Å². The summed E-state index contributed by atoms with van der Waals surface area (Å²) in [5.41, 5.74) is 4.95. The molecule has 1 atom stereocenters.